The summed E-state index contributed by atoms with van der Waals surface area (Å²) in [4.78, 5) is 36.7. The molecule has 0 unspecified atom stereocenters. The molecule has 1 N–H and O–H groups in total. The van der Waals surface area contributed by atoms with Crippen LogP contribution < -0.4 is 5.69 Å². The van der Waals surface area contributed by atoms with Gasteiger partial charge < -0.3 is 10.0 Å². The maximum absolute atomic E-state index is 12.2. The van der Waals surface area contributed by atoms with E-state index in [1.807, 2.05) is 0 Å². The number of hydrogen-bond donors (Lipinski definition) is 1. The Labute approximate surface area is 119 Å². The van der Waals surface area contributed by atoms with Crippen molar-refractivity contribution in [2.45, 2.75) is 25.4 Å². The van der Waals surface area contributed by atoms with Gasteiger partial charge >= 0.3 is 11.7 Å². The lowest BCUT2D eigenvalue weighted by Gasteiger charge is -2.20. The van der Waals surface area contributed by atoms with E-state index in [1.54, 1.807) is 24.4 Å². The lowest BCUT2D eigenvalue weighted by molar-refractivity contribution is -0.148. The molecule has 1 fully saturated rings. The zero-order valence-electron chi connectivity index (χ0n) is 11.2. The maximum Gasteiger partial charge on any atom is 0.350 e. The number of nitrogens with zero attached hydrogens (tertiary/aromatic N) is 4. The minimum absolute atomic E-state index is 0.246. The molecule has 1 aliphatic heterocycles. The van der Waals surface area contributed by atoms with Crippen molar-refractivity contribution < 1.29 is 14.7 Å². The molecule has 0 saturated carbocycles. The lowest BCUT2D eigenvalue weighted by atomic mass is 10.2. The largest absolute Gasteiger partial charge is 0.480 e. The van der Waals surface area contributed by atoms with Crippen molar-refractivity contribution in [3.8, 4) is 0 Å². The van der Waals surface area contributed by atoms with E-state index in [1.165, 1.54) is 9.30 Å². The average Bonchev–Trinajstić information content (AvgIpc) is 3.05. The van der Waals surface area contributed by atoms with Gasteiger partial charge in [-0.15, -0.1) is 5.10 Å². The molecule has 0 bridgehead atoms. The van der Waals surface area contributed by atoms with E-state index >= 15 is 0 Å². The van der Waals surface area contributed by atoms with Gasteiger partial charge in [-0.05, 0) is 25.0 Å². The molecule has 8 heteroatoms. The molecule has 1 saturated heterocycles. The van der Waals surface area contributed by atoms with Crippen LogP contribution in [0.25, 0.3) is 5.65 Å². The number of carboxylic acid groups (broad SMARTS) is 1. The average molecular weight is 290 g/mol. The molecule has 3 rings (SSSR count). The van der Waals surface area contributed by atoms with E-state index in [0.717, 1.165) is 4.68 Å². The van der Waals surface area contributed by atoms with Crippen molar-refractivity contribution in [3.05, 3.63) is 34.9 Å². The summed E-state index contributed by atoms with van der Waals surface area (Å²) in [5, 5.41) is 13.2. The summed E-state index contributed by atoms with van der Waals surface area (Å²) in [6.07, 6.45) is 2.67. The molecule has 8 nitrogen and oxygen atoms in total. The van der Waals surface area contributed by atoms with Gasteiger partial charge in [0.15, 0.2) is 5.65 Å². The highest BCUT2D eigenvalue weighted by Gasteiger charge is 2.34. The predicted molar refractivity (Wildman–Crippen MR) is 71.8 cm³/mol. The Morgan fingerprint density at radius 1 is 1.38 bits per heavy atom. The van der Waals surface area contributed by atoms with Crippen molar-refractivity contribution >= 4 is 17.5 Å². The standard InChI is InChI=1S/C13H14N4O4/c18-11(15-7-3-4-9(15)12(19)20)8-17-13(21)16-6-2-1-5-10(16)14-17/h1-2,5-6,9H,3-4,7-8H2,(H,19,20)/t9-/m0/s1. The Balaban J connectivity index is 1.85. The SMILES string of the molecule is O=C(O)[C@@H]1CCCN1C(=O)Cn1nc2ccccn2c1=O. The Kier molecular flexibility index (Phi) is 3.20. The van der Waals surface area contributed by atoms with Crippen molar-refractivity contribution in [2.24, 2.45) is 0 Å². The fourth-order valence-electron chi connectivity index (χ4n) is 2.61. The van der Waals surface area contributed by atoms with Gasteiger partial charge in [-0.25, -0.2) is 14.3 Å². The van der Waals surface area contributed by atoms with Crippen molar-refractivity contribution in [1.29, 1.82) is 0 Å². The first kappa shape index (κ1) is 13.3. The van der Waals surface area contributed by atoms with Gasteiger partial charge in [-0.2, -0.15) is 0 Å². The first-order valence-electron chi connectivity index (χ1n) is 6.64. The molecule has 110 valence electrons. The summed E-state index contributed by atoms with van der Waals surface area (Å²) in [6, 6.07) is 4.31. The summed E-state index contributed by atoms with van der Waals surface area (Å²) in [6.45, 7) is 0.155. The Bertz CT molecular complexity index is 763. The summed E-state index contributed by atoms with van der Waals surface area (Å²) >= 11 is 0. The number of carbonyl (C=O) groups is 2. The van der Waals surface area contributed by atoms with Crippen LogP contribution in [-0.4, -0.2) is 48.7 Å². The zero-order valence-corrected chi connectivity index (χ0v) is 11.2. The maximum atomic E-state index is 12.2. The quantitative estimate of drug-likeness (QED) is 0.827. The molecule has 21 heavy (non-hydrogen) atoms. The molecule has 0 radical (unpaired) electrons. The van der Waals surface area contributed by atoms with E-state index < -0.39 is 23.6 Å². The van der Waals surface area contributed by atoms with E-state index in [2.05, 4.69) is 5.10 Å². The smallest absolute Gasteiger partial charge is 0.350 e. The van der Waals surface area contributed by atoms with Crippen molar-refractivity contribution in [1.82, 2.24) is 19.1 Å². The highest BCUT2D eigenvalue weighted by molar-refractivity contribution is 5.84. The normalized spacial score (nSPS) is 18.3. The third-order valence-corrected chi connectivity index (χ3v) is 3.63. The molecule has 0 spiro atoms. The van der Waals surface area contributed by atoms with Gasteiger partial charge in [-0.1, -0.05) is 6.07 Å². The number of aromatic nitrogens is 3. The number of likely N-dealkylation sites (tertiary alicyclic amines) is 1. The van der Waals surface area contributed by atoms with Gasteiger partial charge in [0, 0.05) is 12.7 Å². The number of fused-ring (bicyclic) bond motifs is 1. The van der Waals surface area contributed by atoms with Gasteiger partial charge in [0.1, 0.15) is 12.6 Å². The summed E-state index contributed by atoms with van der Waals surface area (Å²) in [5.41, 5.74) is 0.0385. The van der Waals surface area contributed by atoms with Crippen molar-refractivity contribution in [2.75, 3.05) is 6.54 Å². The number of pyridine rings is 1. The van der Waals surface area contributed by atoms with Crippen LogP contribution >= 0.6 is 0 Å². The van der Waals surface area contributed by atoms with Gasteiger partial charge in [-0.3, -0.25) is 9.20 Å². The first-order valence-corrected chi connectivity index (χ1v) is 6.64. The number of rotatable bonds is 3. The van der Waals surface area contributed by atoms with Crippen LogP contribution in [0.5, 0.6) is 0 Å². The third kappa shape index (κ3) is 2.28. The highest BCUT2D eigenvalue weighted by atomic mass is 16.4. The van der Waals surface area contributed by atoms with E-state index in [-0.39, 0.29) is 6.54 Å². The zero-order chi connectivity index (χ0) is 15.0. The van der Waals surface area contributed by atoms with Gasteiger partial charge in [0.25, 0.3) is 0 Å². The molecule has 0 aliphatic carbocycles. The number of carbonyl (C=O) groups excluding carboxylic acids is 1. The Hall–Kier alpha value is -2.64. The number of hydrogen-bond acceptors (Lipinski definition) is 4. The number of carboxylic acids is 1. The van der Waals surface area contributed by atoms with E-state index in [0.29, 0.717) is 25.0 Å². The van der Waals surface area contributed by atoms with Crippen LogP contribution in [0.15, 0.2) is 29.2 Å². The van der Waals surface area contributed by atoms with Crippen LogP contribution in [0.2, 0.25) is 0 Å². The van der Waals surface area contributed by atoms with Gasteiger partial charge in [0.2, 0.25) is 5.91 Å². The molecular formula is C13H14N4O4. The molecule has 1 atom stereocenters. The molecule has 3 heterocycles. The van der Waals surface area contributed by atoms with Gasteiger partial charge in [0.05, 0.1) is 0 Å². The topological polar surface area (TPSA) is 96.9 Å². The lowest BCUT2D eigenvalue weighted by Crippen LogP contribution is -2.43. The molecule has 2 aromatic rings. The molecular weight excluding hydrogens is 276 g/mol. The highest BCUT2D eigenvalue weighted by Crippen LogP contribution is 2.17. The molecule has 2 aromatic heterocycles. The monoisotopic (exact) mass is 290 g/mol. The van der Waals surface area contributed by atoms with Crippen LogP contribution in [0.1, 0.15) is 12.8 Å². The molecule has 1 amide bonds. The minimum atomic E-state index is -1.01. The second-order valence-electron chi connectivity index (χ2n) is 4.95. The third-order valence-electron chi connectivity index (χ3n) is 3.63. The van der Waals surface area contributed by atoms with Crippen LogP contribution in [0.3, 0.4) is 0 Å². The van der Waals surface area contributed by atoms with E-state index in [4.69, 9.17) is 5.11 Å². The predicted octanol–water partition coefficient (Wildman–Crippen LogP) is -0.428. The summed E-state index contributed by atoms with van der Waals surface area (Å²) in [5.74, 6) is -1.41. The summed E-state index contributed by atoms with van der Waals surface area (Å²) < 4.78 is 2.40. The molecule has 1 aliphatic rings. The fraction of sp³-hybridized carbons (Fsp3) is 0.385. The second-order valence-corrected chi connectivity index (χ2v) is 4.95. The fourth-order valence-corrected chi connectivity index (χ4v) is 2.61. The van der Waals surface area contributed by atoms with E-state index in [9.17, 15) is 14.4 Å². The van der Waals surface area contributed by atoms with Crippen LogP contribution in [-0.2, 0) is 16.1 Å². The van der Waals surface area contributed by atoms with Crippen LogP contribution in [0.4, 0.5) is 0 Å². The number of amides is 1. The summed E-state index contributed by atoms with van der Waals surface area (Å²) in [7, 11) is 0. The van der Waals surface area contributed by atoms with Crippen molar-refractivity contribution in [3.63, 3.8) is 0 Å². The number of aliphatic carboxylic acids is 1. The molecule has 0 aromatic carbocycles. The Morgan fingerprint density at radius 3 is 2.90 bits per heavy atom. The second kappa shape index (κ2) is 5.04. The Morgan fingerprint density at radius 2 is 2.19 bits per heavy atom. The minimum Gasteiger partial charge on any atom is -0.480 e. The van der Waals surface area contributed by atoms with Crippen LogP contribution in [0, 0.1) is 0 Å². The first-order chi connectivity index (χ1) is 10.1.